The van der Waals surface area contributed by atoms with Gasteiger partial charge in [0.2, 0.25) is 0 Å². The minimum Gasteiger partial charge on any atom is -0.370 e. The maximum absolute atomic E-state index is 6.08. The zero-order chi connectivity index (χ0) is 13.3. The minimum atomic E-state index is 0.503. The summed E-state index contributed by atoms with van der Waals surface area (Å²) in [5.74, 6) is 2.17. The molecule has 0 saturated heterocycles. The third-order valence-electron chi connectivity index (χ3n) is 4.50. The molecule has 0 spiro atoms. The van der Waals surface area contributed by atoms with Gasteiger partial charge in [0.05, 0.1) is 12.6 Å². The molecule has 0 amide bonds. The van der Waals surface area contributed by atoms with Crippen LogP contribution in [-0.2, 0) is 0 Å². The molecule has 1 aliphatic heterocycles. The van der Waals surface area contributed by atoms with Crippen molar-refractivity contribution in [1.29, 1.82) is 0 Å². The van der Waals surface area contributed by atoms with E-state index >= 15 is 0 Å². The molecule has 4 unspecified atom stereocenters. The summed E-state index contributed by atoms with van der Waals surface area (Å²) in [4.78, 5) is 6.87. The summed E-state index contributed by atoms with van der Waals surface area (Å²) >= 11 is 0. The Morgan fingerprint density at radius 1 is 1.56 bits per heavy atom. The van der Waals surface area contributed by atoms with Crippen molar-refractivity contribution >= 4 is 5.96 Å². The molecule has 1 heterocycles. The van der Waals surface area contributed by atoms with Crippen molar-refractivity contribution in [1.82, 2.24) is 4.90 Å². The number of rotatable bonds is 3. The van der Waals surface area contributed by atoms with Gasteiger partial charge in [0.25, 0.3) is 0 Å². The van der Waals surface area contributed by atoms with Crippen LogP contribution in [0.15, 0.2) is 16.6 Å². The third kappa shape index (κ3) is 2.55. The lowest BCUT2D eigenvalue weighted by Gasteiger charge is -2.39. The molecule has 102 valence electrons. The maximum Gasteiger partial charge on any atom is 0.191 e. The molecule has 3 nitrogen and oxygen atoms in total. The van der Waals surface area contributed by atoms with E-state index in [1.807, 2.05) is 0 Å². The highest BCUT2D eigenvalue weighted by Crippen LogP contribution is 2.34. The molecule has 0 aromatic rings. The average Bonchev–Trinajstić information content (AvgIpc) is 2.69. The number of hydrogen-bond acceptors (Lipinski definition) is 3. The summed E-state index contributed by atoms with van der Waals surface area (Å²) in [6.07, 6.45) is 6.04. The smallest absolute Gasteiger partial charge is 0.191 e. The molecule has 0 aromatic heterocycles. The SMILES string of the molecule is CCC(C)N1C(N)=NCC1C1CC(C)=CC(C)C1. The Labute approximate surface area is 111 Å². The number of aliphatic imine (C=N–C) groups is 1. The van der Waals surface area contributed by atoms with Crippen LogP contribution in [0, 0.1) is 11.8 Å². The molecule has 2 N–H and O–H groups in total. The summed E-state index contributed by atoms with van der Waals surface area (Å²) in [5.41, 5.74) is 7.62. The number of guanidine groups is 1. The van der Waals surface area contributed by atoms with Gasteiger partial charge in [0.1, 0.15) is 0 Å². The van der Waals surface area contributed by atoms with Crippen molar-refractivity contribution in [2.75, 3.05) is 6.54 Å². The first-order valence-electron chi connectivity index (χ1n) is 7.28. The van der Waals surface area contributed by atoms with Gasteiger partial charge in [-0.15, -0.1) is 0 Å². The van der Waals surface area contributed by atoms with E-state index in [0.717, 1.165) is 18.9 Å². The van der Waals surface area contributed by atoms with Crippen LogP contribution >= 0.6 is 0 Å². The summed E-state index contributed by atoms with van der Waals surface area (Å²) in [5, 5.41) is 0. The van der Waals surface area contributed by atoms with Crippen molar-refractivity contribution in [3.63, 3.8) is 0 Å². The molecule has 4 atom stereocenters. The number of allylic oxidation sites excluding steroid dienone is 2. The fraction of sp³-hybridized carbons (Fsp3) is 0.800. The number of nitrogens with zero attached hydrogens (tertiary/aromatic N) is 2. The van der Waals surface area contributed by atoms with Gasteiger partial charge in [0, 0.05) is 6.04 Å². The highest BCUT2D eigenvalue weighted by atomic mass is 15.3. The Kier molecular flexibility index (Phi) is 3.98. The van der Waals surface area contributed by atoms with Crippen molar-refractivity contribution < 1.29 is 0 Å². The first-order valence-corrected chi connectivity index (χ1v) is 7.28. The molecular weight excluding hydrogens is 222 g/mol. The predicted octanol–water partition coefficient (Wildman–Crippen LogP) is 2.78. The van der Waals surface area contributed by atoms with E-state index in [4.69, 9.17) is 5.73 Å². The Hall–Kier alpha value is -0.990. The van der Waals surface area contributed by atoms with Gasteiger partial charge < -0.3 is 10.6 Å². The Bertz CT molecular complexity index is 359. The Balaban J connectivity index is 2.11. The van der Waals surface area contributed by atoms with E-state index in [2.05, 4.69) is 43.7 Å². The first kappa shape index (κ1) is 13.4. The third-order valence-corrected chi connectivity index (χ3v) is 4.50. The van der Waals surface area contributed by atoms with Gasteiger partial charge in [-0.3, -0.25) is 4.99 Å². The molecule has 0 aromatic carbocycles. The predicted molar refractivity (Wildman–Crippen MR) is 77.5 cm³/mol. The average molecular weight is 249 g/mol. The molecule has 3 heteroatoms. The van der Waals surface area contributed by atoms with Crippen molar-refractivity contribution in [3.8, 4) is 0 Å². The minimum absolute atomic E-state index is 0.503. The maximum atomic E-state index is 6.08. The van der Waals surface area contributed by atoms with Crippen LogP contribution in [0.1, 0.15) is 47.0 Å². The lowest BCUT2D eigenvalue weighted by atomic mass is 9.79. The molecule has 0 bridgehead atoms. The lowest BCUT2D eigenvalue weighted by molar-refractivity contribution is 0.179. The second-order valence-electron chi connectivity index (χ2n) is 6.12. The Morgan fingerprint density at radius 2 is 2.28 bits per heavy atom. The van der Waals surface area contributed by atoms with Crippen molar-refractivity contribution in [2.24, 2.45) is 22.6 Å². The van der Waals surface area contributed by atoms with E-state index in [1.165, 1.54) is 18.4 Å². The fourth-order valence-electron chi connectivity index (χ4n) is 3.54. The normalized spacial score (nSPS) is 34.2. The summed E-state index contributed by atoms with van der Waals surface area (Å²) in [6, 6.07) is 1.02. The molecule has 0 saturated carbocycles. The molecule has 2 aliphatic rings. The lowest BCUT2D eigenvalue weighted by Crippen LogP contribution is -2.49. The van der Waals surface area contributed by atoms with Gasteiger partial charge in [-0.05, 0) is 44.9 Å². The molecular formula is C15H27N3. The number of hydrogen-bond donors (Lipinski definition) is 1. The van der Waals surface area contributed by atoms with E-state index < -0.39 is 0 Å². The van der Waals surface area contributed by atoms with Crippen molar-refractivity contribution in [3.05, 3.63) is 11.6 Å². The van der Waals surface area contributed by atoms with E-state index in [1.54, 1.807) is 0 Å². The molecule has 2 rings (SSSR count). The van der Waals surface area contributed by atoms with Gasteiger partial charge in [0.15, 0.2) is 5.96 Å². The second kappa shape index (κ2) is 5.33. The zero-order valence-corrected chi connectivity index (χ0v) is 12.2. The van der Waals surface area contributed by atoms with Gasteiger partial charge in [-0.1, -0.05) is 25.5 Å². The molecule has 18 heavy (non-hydrogen) atoms. The van der Waals surface area contributed by atoms with E-state index in [9.17, 15) is 0 Å². The van der Waals surface area contributed by atoms with E-state index in [-0.39, 0.29) is 0 Å². The monoisotopic (exact) mass is 249 g/mol. The van der Waals surface area contributed by atoms with Gasteiger partial charge in [-0.25, -0.2) is 0 Å². The van der Waals surface area contributed by atoms with Crippen LogP contribution in [0.2, 0.25) is 0 Å². The Morgan fingerprint density at radius 3 is 2.89 bits per heavy atom. The van der Waals surface area contributed by atoms with Crippen LogP contribution in [0.3, 0.4) is 0 Å². The summed E-state index contributed by atoms with van der Waals surface area (Å²) < 4.78 is 0. The van der Waals surface area contributed by atoms with Crippen molar-refractivity contribution in [2.45, 2.75) is 59.0 Å². The summed E-state index contributed by atoms with van der Waals surface area (Å²) in [6.45, 7) is 9.95. The second-order valence-corrected chi connectivity index (χ2v) is 6.12. The van der Waals surface area contributed by atoms with Crippen LogP contribution in [-0.4, -0.2) is 29.5 Å². The standard InChI is InChI=1S/C15H27N3/c1-5-12(4)18-14(9-17-15(18)16)13-7-10(2)6-11(3)8-13/h6,10,12-14H,5,7-9H2,1-4H3,(H2,16,17). The topological polar surface area (TPSA) is 41.6 Å². The fourth-order valence-corrected chi connectivity index (χ4v) is 3.54. The highest BCUT2D eigenvalue weighted by molar-refractivity contribution is 5.80. The van der Waals surface area contributed by atoms with Gasteiger partial charge in [-0.2, -0.15) is 0 Å². The van der Waals surface area contributed by atoms with Crippen LogP contribution < -0.4 is 5.73 Å². The first-order chi connectivity index (χ1) is 8.52. The molecule has 0 radical (unpaired) electrons. The van der Waals surface area contributed by atoms with Crippen LogP contribution in [0.5, 0.6) is 0 Å². The van der Waals surface area contributed by atoms with E-state index in [0.29, 0.717) is 23.9 Å². The highest BCUT2D eigenvalue weighted by Gasteiger charge is 2.36. The number of nitrogens with two attached hydrogens (primary N) is 1. The van der Waals surface area contributed by atoms with Gasteiger partial charge >= 0.3 is 0 Å². The largest absolute Gasteiger partial charge is 0.370 e. The molecule has 1 aliphatic carbocycles. The zero-order valence-electron chi connectivity index (χ0n) is 12.2. The molecule has 0 fully saturated rings. The van der Waals surface area contributed by atoms with Crippen LogP contribution in [0.25, 0.3) is 0 Å². The summed E-state index contributed by atoms with van der Waals surface area (Å²) in [7, 11) is 0. The van der Waals surface area contributed by atoms with Crippen LogP contribution in [0.4, 0.5) is 0 Å². The quantitative estimate of drug-likeness (QED) is 0.781.